The zero-order chi connectivity index (χ0) is 19.9. The highest BCUT2D eigenvalue weighted by Crippen LogP contribution is 2.18. The molecule has 0 amide bonds. The van der Waals surface area contributed by atoms with Gasteiger partial charge in [-0.3, -0.25) is 4.79 Å². The molecule has 3 rings (SSSR count). The van der Waals surface area contributed by atoms with E-state index < -0.39 is 5.97 Å². The normalized spacial score (nSPS) is 10.6. The van der Waals surface area contributed by atoms with Crippen molar-refractivity contribution in [2.24, 2.45) is 0 Å². The van der Waals surface area contributed by atoms with Crippen LogP contribution in [-0.4, -0.2) is 18.9 Å². The molecule has 28 heavy (non-hydrogen) atoms. The van der Waals surface area contributed by atoms with Gasteiger partial charge in [0.15, 0.2) is 5.78 Å². The number of methoxy groups -OCH3 is 1. The van der Waals surface area contributed by atoms with Crippen molar-refractivity contribution in [2.45, 2.75) is 0 Å². The number of carbonyl (C=O) groups excluding carboxylic acids is 2. The standard InChI is InChI=1S/C23H17ClO4/c1-27-21-4-2-3-18(15-21)23(26)28-20-12-8-17(9-13-20)22(25)14-7-16-5-10-19(24)11-6-16/h2-15H,1H3/b14-7+. The summed E-state index contributed by atoms with van der Waals surface area (Å²) in [7, 11) is 1.53. The van der Waals surface area contributed by atoms with Gasteiger partial charge in [-0.2, -0.15) is 0 Å². The third kappa shape index (κ3) is 5.09. The third-order valence-corrected chi connectivity index (χ3v) is 4.20. The summed E-state index contributed by atoms with van der Waals surface area (Å²) in [5.41, 5.74) is 1.75. The Bertz CT molecular complexity index is 1010. The fourth-order valence-corrected chi connectivity index (χ4v) is 2.57. The molecular weight excluding hydrogens is 376 g/mol. The number of rotatable bonds is 6. The van der Waals surface area contributed by atoms with Crippen LogP contribution in [0.5, 0.6) is 11.5 Å². The zero-order valence-electron chi connectivity index (χ0n) is 15.1. The van der Waals surface area contributed by atoms with Gasteiger partial charge in [0.2, 0.25) is 0 Å². The highest BCUT2D eigenvalue weighted by Gasteiger charge is 2.10. The van der Waals surface area contributed by atoms with E-state index >= 15 is 0 Å². The lowest BCUT2D eigenvalue weighted by atomic mass is 10.1. The number of esters is 1. The molecule has 5 heteroatoms. The predicted octanol–water partition coefficient (Wildman–Crippen LogP) is 5.46. The van der Waals surface area contributed by atoms with E-state index in [4.69, 9.17) is 21.1 Å². The molecule has 0 saturated carbocycles. The minimum Gasteiger partial charge on any atom is -0.497 e. The first-order chi connectivity index (χ1) is 13.5. The van der Waals surface area contributed by atoms with Gasteiger partial charge in [-0.1, -0.05) is 35.9 Å². The average molecular weight is 393 g/mol. The number of benzene rings is 3. The molecule has 0 aliphatic heterocycles. The number of hydrogen-bond acceptors (Lipinski definition) is 4. The maximum Gasteiger partial charge on any atom is 0.343 e. The first-order valence-corrected chi connectivity index (χ1v) is 8.87. The first kappa shape index (κ1) is 19.4. The van der Waals surface area contributed by atoms with Crippen LogP contribution < -0.4 is 9.47 Å². The zero-order valence-corrected chi connectivity index (χ0v) is 15.8. The molecule has 0 atom stereocenters. The highest BCUT2D eigenvalue weighted by atomic mass is 35.5. The van der Waals surface area contributed by atoms with E-state index in [0.717, 1.165) is 5.56 Å². The Balaban J connectivity index is 1.64. The molecule has 0 saturated heterocycles. The van der Waals surface area contributed by atoms with Crippen molar-refractivity contribution in [2.75, 3.05) is 7.11 Å². The van der Waals surface area contributed by atoms with E-state index in [9.17, 15) is 9.59 Å². The van der Waals surface area contributed by atoms with Gasteiger partial charge in [-0.05, 0) is 66.2 Å². The maximum atomic E-state index is 12.3. The summed E-state index contributed by atoms with van der Waals surface area (Å²) in [6, 6.07) is 20.3. The fraction of sp³-hybridized carbons (Fsp3) is 0.0435. The van der Waals surface area contributed by atoms with Crippen molar-refractivity contribution in [1.29, 1.82) is 0 Å². The largest absolute Gasteiger partial charge is 0.497 e. The van der Waals surface area contributed by atoms with E-state index in [0.29, 0.717) is 27.6 Å². The van der Waals surface area contributed by atoms with Crippen molar-refractivity contribution in [3.05, 3.63) is 101 Å². The van der Waals surface area contributed by atoms with Crippen molar-refractivity contribution in [3.8, 4) is 11.5 Å². The van der Waals surface area contributed by atoms with Gasteiger partial charge in [0, 0.05) is 10.6 Å². The van der Waals surface area contributed by atoms with Crippen LogP contribution >= 0.6 is 11.6 Å². The lowest BCUT2D eigenvalue weighted by Gasteiger charge is -2.06. The summed E-state index contributed by atoms with van der Waals surface area (Å²) in [6.07, 6.45) is 3.20. The molecule has 0 N–H and O–H groups in total. The van der Waals surface area contributed by atoms with Gasteiger partial charge in [-0.25, -0.2) is 4.79 Å². The van der Waals surface area contributed by atoms with Gasteiger partial charge in [0.25, 0.3) is 0 Å². The summed E-state index contributed by atoms with van der Waals surface area (Å²) >= 11 is 5.84. The quantitative estimate of drug-likeness (QED) is 0.242. The molecule has 0 aliphatic rings. The summed E-state index contributed by atoms with van der Waals surface area (Å²) in [5.74, 6) is 0.273. The molecule has 4 nitrogen and oxygen atoms in total. The van der Waals surface area contributed by atoms with Gasteiger partial charge in [0.1, 0.15) is 11.5 Å². The summed E-state index contributed by atoms with van der Waals surface area (Å²) < 4.78 is 10.4. The lowest BCUT2D eigenvalue weighted by Crippen LogP contribution is -2.08. The summed E-state index contributed by atoms with van der Waals surface area (Å²) in [5, 5.41) is 0.641. The molecule has 0 radical (unpaired) electrons. The molecule has 0 fully saturated rings. The summed E-state index contributed by atoms with van der Waals surface area (Å²) in [4.78, 5) is 24.5. The Morgan fingerprint density at radius 1 is 0.857 bits per heavy atom. The highest BCUT2D eigenvalue weighted by molar-refractivity contribution is 6.30. The Labute approximate surface area is 168 Å². The topological polar surface area (TPSA) is 52.6 Å². The van der Waals surface area contributed by atoms with Crippen LogP contribution in [0.2, 0.25) is 5.02 Å². The van der Waals surface area contributed by atoms with Crippen LogP contribution in [0, 0.1) is 0 Å². The number of allylic oxidation sites excluding steroid dienone is 1. The van der Waals surface area contributed by atoms with Gasteiger partial charge < -0.3 is 9.47 Å². The second kappa shape index (κ2) is 9.02. The molecule has 0 aliphatic carbocycles. The van der Waals surface area contributed by atoms with E-state index in [1.165, 1.54) is 13.2 Å². The first-order valence-electron chi connectivity index (χ1n) is 8.49. The predicted molar refractivity (Wildman–Crippen MR) is 109 cm³/mol. The molecule has 0 unspecified atom stereocenters. The van der Waals surface area contributed by atoms with Crippen LogP contribution in [0.1, 0.15) is 26.3 Å². The Morgan fingerprint density at radius 3 is 2.25 bits per heavy atom. The molecule has 3 aromatic rings. The van der Waals surface area contributed by atoms with Crippen molar-refractivity contribution in [1.82, 2.24) is 0 Å². The van der Waals surface area contributed by atoms with Crippen LogP contribution in [0.3, 0.4) is 0 Å². The average Bonchev–Trinajstić information content (AvgIpc) is 2.73. The number of carbonyl (C=O) groups is 2. The smallest absolute Gasteiger partial charge is 0.343 e. The number of hydrogen-bond donors (Lipinski definition) is 0. The van der Waals surface area contributed by atoms with Gasteiger partial charge >= 0.3 is 5.97 Å². The van der Waals surface area contributed by atoms with E-state index in [2.05, 4.69) is 0 Å². The molecule has 0 heterocycles. The number of ketones is 1. The summed E-state index contributed by atoms with van der Waals surface area (Å²) in [6.45, 7) is 0. The SMILES string of the molecule is COc1cccc(C(=O)Oc2ccc(C(=O)/C=C/c3ccc(Cl)cc3)cc2)c1. The van der Waals surface area contributed by atoms with Crippen molar-refractivity contribution >= 4 is 29.4 Å². The van der Waals surface area contributed by atoms with Gasteiger partial charge in [0.05, 0.1) is 12.7 Å². The minimum absolute atomic E-state index is 0.152. The van der Waals surface area contributed by atoms with Crippen LogP contribution in [-0.2, 0) is 0 Å². The van der Waals surface area contributed by atoms with E-state index in [1.54, 1.807) is 66.7 Å². The van der Waals surface area contributed by atoms with E-state index in [-0.39, 0.29) is 5.78 Å². The molecule has 3 aromatic carbocycles. The molecule has 0 bridgehead atoms. The molecular formula is C23H17ClO4. The fourth-order valence-electron chi connectivity index (χ4n) is 2.45. The van der Waals surface area contributed by atoms with Crippen LogP contribution in [0.25, 0.3) is 6.08 Å². The second-order valence-corrected chi connectivity index (χ2v) is 6.33. The third-order valence-electron chi connectivity index (χ3n) is 3.95. The molecule has 0 spiro atoms. The Hall–Kier alpha value is -3.37. The Kier molecular flexibility index (Phi) is 6.25. The van der Waals surface area contributed by atoms with Crippen LogP contribution in [0.4, 0.5) is 0 Å². The lowest BCUT2D eigenvalue weighted by molar-refractivity contribution is 0.0734. The Morgan fingerprint density at radius 2 is 1.57 bits per heavy atom. The van der Waals surface area contributed by atoms with Crippen LogP contribution in [0.15, 0.2) is 78.9 Å². The minimum atomic E-state index is -0.499. The monoisotopic (exact) mass is 392 g/mol. The number of halogens is 1. The van der Waals surface area contributed by atoms with E-state index in [1.807, 2.05) is 12.1 Å². The maximum absolute atomic E-state index is 12.3. The van der Waals surface area contributed by atoms with Crippen molar-refractivity contribution in [3.63, 3.8) is 0 Å². The number of ether oxygens (including phenoxy) is 2. The molecule has 0 aromatic heterocycles. The van der Waals surface area contributed by atoms with Crippen molar-refractivity contribution < 1.29 is 19.1 Å². The van der Waals surface area contributed by atoms with Gasteiger partial charge in [-0.15, -0.1) is 0 Å². The second-order valence-electron chi connectivity index (χ2n) is 5.89. The molecule has 140 valence electrons.